The molecule has 1 fully saturated rings. The van der Waals surface area contributed by atoms with Crippen molar-refractivity contribution in [3.05, 3.63) is 30.3 Å². The number of carbonyl (C=O) groups is 2. The number of carboxylic acids is 1. The zero-order valence-corrected chi connectivity index (χ0v) is 10.6. The van der Waals surface area contributed by atoms with Crippen LogP contribution >= 0.6 is 0 Å². The van der Waals surface area contributed by atoms with Gasteiger partial charge in [0.15, 0.2) is 0 Å². The first-order chi connectivity index (χ1) is 9.16. The number of carbonyl (C=O) groups excluding carboxylic acids is 1. The van der Waals surface area contributed by atoms with Gasteiger partial charge >= 0.3 is 5.97 Å². The molecule has 0 aliphatic carbocycles. The molecule has 0 unspecified atom stereocenters. The summed E-state index contributed by atoms with van der Waals surface area (Å²) in [4.78, 5) is 23.9. The Kier molecular flexibility index (Phi) is 4.39. The third kappa shape index (κ3) is 3.71. The topological polar surface area (TPSA) is 66.8 Å². The van der Waals surface area contributed by atoms with Crippen molar-refractivity contribution >= 4 is 11.9 Å². The number of amides is 1. The van der Waals surface area contributed by atoms with Gasteiger partial charge in [-0.25, -0.2) is 0 Å². The summed E-state index contributed by atoms with van der Waals surface area (Å²) >= 11 is 0. The number of ether oxygens (including phenoxy) is 1. The fraction of sp³-hybridized carbons (Fsp3) is 0.429. The van der Waals surface area contributed by atoms with Crippen LogP contribution in [-0.2, 0) is 9.59 Å². The fourth-order valence-electron chi connectivity index (χ4n) is 1.93. The molecule has 1 aliphatic heterocycles. The van der Waals surface area contributed by atoms with Crippen molar-refractivity contribution in [3.63, 3.8) is 0 Å². The van der Waals surface area contributed by atoms with Gasteiger partial charge in [-0.3, -0.25) is 9.59 Å². The smallest absolute Gasteiger partial charge is 0.310 e. The maximum atomic E-state index is 11.7. The second-order valence-electron chi connectivity index (χ2n) is 4.60. The Morgan fingerprint density at radius 1 is 1.26 bits per heavy atom. The normalized spacial score (nSPS) is 14.8. The van der Waals surface area contributed by atoms with Gasteiger partial charge in [0.05, 0.1) is 12.5 Å². The summed E-state index contributed by atoms with van der Waals surface area (Å²) in [6.45, 7) is 1.17. The lowest BCUT2D eigenvalue weighted by molar-refractivity contribution is -0.152. The third-order valence-corrected chi connectivity index (χ3v) is 3.13. The van der Waals surface area contributed by atoms with E-state index >= 15 is 0 Å². The maximum Gasteiger partial charge on any atom is 0.310 e. The maximum absolute atomic E-state index is 11.7. The van der Waals surface area contributed by atoms with Crippen molar-refractivity contribution in [1.29, 1.82) is 0 Å². The molecule has 0 radical (unpaired) electrons. The SMILES string of the molecule is O=C(O)C1CN(C(=O)CCCOc2ccccc2)C1. The zero-order chi connectivity index (χ0) is 13.7. The number of para-hydroxylation sites is 1. The average Bonchev–Trinajstić information content (AvgIpc) is 2.33. The van der Waals surface area contributed by atoms with E-state index in [1.54, 1.807) is 4.90 Å². The molecule has 102 valence electrons. The van der Waals surface area contributed by atoms with Crippen molar-refractivity contribution in [2.24, 2.45) is 5.92 Å². The largest absolute Gasteiger partial charge is 0.494 e. The molecule has 0 atom stereocenters. The predicted octanol–water partition coefficient (Wildman–Crippen LogP) is 1.39. The van der Waals surface area contributed by atoms with E-state index in [4.69, 9.17) is 9.84 Å². The molecule has 1 heterocycles. The molecular weight excluding hydrogens is 246 g/mol. The van der Waals surface area contributed by atoms with Crippen LogP contribution in [0.1, 0.15) is 12.8 Å². The van der Waals surface area contributed by atoms with Crippen LogP contribution in [0.5, 0.6) is 5.75 Å². The lowest BCUT2D eigenvalue weighted by atomic mass is 10.00. The van der Waals surface area contributed by atoms with E-state index in [1.807, 2.05) is 30.3 Å². The summed E-state index contributed by atoms with van der Waals surface area (Å²) in [5.41, 5.74) is 0. The lowest BCUT2D eigenvalue weighted by Gasteiger charge is -2.36. The van der Waals surface area contributed by atoms with Crippen LogP contribution in [-0.4, -0.2) is 41.6 Å². The first kappa shape index (κ1) is 13.4. The molecule has 1 aliphatic rings. The van der Waals surface area contributed by atoms with Gasteiger partial charge < -0.3 is 14.7 Å². The monoisotopic (exact) mass is 263 g/mol. The first-order valence-electron chi connectivity index (χ1n) is 6.35. The van der Waals surface area contributed by atoms with Gasteiger partial charge in [-0.15, -0.1) is 0 Å². The Bertz CT molecular complexity index is 440. The van der Waals surface area contributed by atoms with E-state index in [9.17, 15) is 9.59 Å². The van der Waals surface area contributed by atoms with Gasteiger partial charge in [-0.05, 0) is 18.6 Å². The highest BCUT2D eigenvalue weighted by atomic mass is 16.5. The molecule has 5 nitrogen and oxygen atoms in total. The second-order valence-corrected chi connectivity index (χ2v) is 4.60. The molecule has 1 amide bonds. The van der Waals surface area contributed by atoms with E-state index in [0.717, 1.165) is 5.75 Å². The number of hydrogen-bond donors (Lipinski definition) is 1. The fourth-order valence-corrected chi connectivity index (χ4v) is 1.93. The molecule has 1 aromatic rings. The number of aliphatic carboxylic acids is 1. The molecule has 1 N–H and O–H groups in total. The zero-order valence-electron chi connectivity index (χ0n) is 10.6. The van der Waals surface area contributed by atoms with E-state index < -0.39 is 5.97 Å². The molecule has 0 saturated carbocycles. The number of hydrogen-bond acceptors (Lipinski definition) is 3. The molecule has 0 spiro atoms. The van der Waals surface area contributed by atoms with Crippen molar-refractivity contribution in [2.45, 2.75) is 12.8 Å². The van der Waals surface area contributed by atoms with Crippen LogP contribution in [0.15, 0.2) is 30.3 Å². The summed E-state index contributed by atoms with van der Waals surface area (Å²) in [6.07, 6.45) is 1.04. The van der Waals surface area contributed by atoms with Crippen molar-refractivity contribution in [3.8, 4) is 5.75 Å². The van der Waals surface area contributed by atoms with Gasteiger partial charge in [-0.1, -0.05) is 18.2 Å². The number of nitrogens with zero attached hydrogens (tertiary/aromatic N) is 1. The lowest BCUT2D eigenvalue weighted by Crippen LogP contribution is -2.53. The molecule has 5 heteroatoms. The van der Waals surface area contributed by atoms with Gasteiger partial charge in [0.25, 0.3) is 0 Å². The van der Waals surface area contributed by atoms with Crippen molar-refractivity contribution in [2.75, 3.05) is 19.7 Å². The molecule has 2 rings (SSSR count). The third-order valence-electron chi connectivity index (χ3n) is 3.13. The van der Waals surface area contributed by atoms with E-state index in [2.05, 4.69) is 0 Å². The van der Waals surface area contributed by atoms with Gasteiger partial charge in [0.1, 0.15) is 5.75 Å². The first-order valence-corrected chi connectivity index (χ1v) is 6.35. The molecular formula is C14H17NO4. The minimum absolute atomic E-state index is 0.00848. The molecule has 1 saturated heterocycles. The van der Waals surface area contributed by atoms with Gasteiger partial charge in [0, 0.05) is 19.5 Å². The number of likely N-dealkylation sites (tertiary alicyclic amines) is 1. The Morgan fingerprint density at radius 2 is 1.95 bits per heavy atom. The standard InChI is InChI=1S/C14H17NO4/c16-13(15-9-11(10-15)14(17)18)7-4-8-19-12-5-2-1-3-6-12/h1-3,5-6,11H,4,7-10H2,(H,17,18). The quantitative estimate of drug-likeness (QED) is 0.788. The number of rotatable bonds is 6. The highest BCUT2D eigenvalue weighted by Gasteiger charge is 2.34. The highest BCUT2D eigenvalue weighted by Crippen LogP contribution is 2.17. The summed E-state index contributed by atoms with van der Waals surface area (Å²) in [5.74, 6) is -0.403. The number of carboxylic acid groups (broad SMARTS) is 1. The minimum Gasteiger partial charge on any atom is -0.494 e. The van der Waals surface area contributed by atoms with Crippen LogP contribution in [0.4, 0.5) is 0 Å². The summed E-state index contributed by atoms with van der Waals surface area (Å²) < 4.78 is 5.48. The van der Waals surface area contributed by atoms with Crippen LogP contribution in [0, 0.1) is 5.92 Å². The van der Waals surface area contributed by atoms with Crippen molar-refractivity contribution in [1.82, 2.24) is 4.90 Å². The summed E-state index contributed by atoms with van der Waals surface area (Å²) in [5, 5.41) is 8.72. The Labute approximate surface area is 111 Å². The van der Waals surface area contributed by atoms with E-state index in [-0.39, 0.29) is 11.8 Å². The summed E-state index contributed by atoms with van der Waals surface area (Å²) in [7, 11) is 0. The Hall–Kier alpha value is -2.04. The Balaban J connectivity index is 1.59. The van der Waals surface area contributed by atoms with Crippen LogP contribution in [0.3, 0.4) is 0 Å². The van der Waals surface area contributed by atoms with E-state index in [1.165, 1.54) is 0 Å². The molecule has 1 aromatic carbocycles. The predicted molar refractivity (Wildman–Crippen MR) is 68.9 cm³/mol. The van der Waals surface area contributed by atoms with Crippen LogP contribution in [0.25, 0.3) is 0 Å². The van der Waals surface area contributed by atoms with Gasteiger partial charge in [0.2, 0.25) is 5.91 Å². The number of benzene rings is 1. The molecule has 0 aromatic heterocycles. The van der Waals surface area contributed by atoms with Crippen molar-refractivity contribution < 1.29 is 19.4 Å². The molecule has 0 bridgehead atoms. The molecule has 19 heavy (non-hydrogen) atoms. The Morgan fingerprint density at radius 3 is 2.58 bits per heavy atom. The average molecular weight is 263 g/mol. The van der Waals surface area contributed by atoms with Crippen LogP contribution in [0.2, 0.25) is 0 Å². The summed E-state index contributed by atoms with van der Waals surface area (Å²) in [6, 6.07) is 9.45. The van der Waals surface area contributed by atoms with Crippen LogP contribution < -0.4 is 4.74 Å². The van der Waals surface area contributed by atoms with E-state index in [0.29, 0.717) is 32.5 Å². The highest BCUT2D eigenvalue weighted by molar-refractivity contribution is 5.80. The minimum atomic E-state index is -0.823. The van der Waals surface area contributed by atoms with Gasteiger partial charge in [-0.2, -0.15) is 0 Å². The second kappa shape index (κ2) is 6.22.